The molecule has 0 amide bonds. The zero-order valence-electron chi connectivity index (χ0n) is 14.5. The van der Waals surface area contributed by atoms with Crippen LogP contribution in [0.3, 0.4) is 0 Å². The summed E-state index contributed by atoms with van der Waals surface area (Å²) in [5, 5.41) is 0. The normalized spacial score (nSPS) is 13.4. The number of rotatable bonds is 5. The average Bonchev–Trinajstić information content (AvgIpc) is 2.60. The van der Waals surface area contributed by atoms with E-state index in [-0.39, 0.29) is 0 Å². The van der Waals surface area contributed by atoms with Crippen molar-refractivity contribution in [3.8, 4) is 5.75 Å². The third-order valence-electron chi connectivity index (χ3n) is 4.04. The third-order valence-corrected chi connectivity index (χ3v) is 4.04. The SMILES string of the molecule is COc1cc(C(F)(F)F)ccc1COC(c1ccccc1)(C(F)(F)F)C(F)(F)F. The minimum atomic E-state index is -5.91. The van der Waals surface area contributed by atoms with E-state index in [0.29, 0.717) is 30.3 Å². The highest BCUT2D eigenvalue weighted by Crippen LogP contribution is 2.53. The van der Waals surface area contributed by atoms with Crippen molar-refractivity contribution >= 4 is 0 Å². The van der Waals surface area contributed by atoms with E-state index in [4.69, 9.17) is 0 Å². The molecule has 0 radical (unpaired) electrons. The molecule has 0 heterocycles. The molecule has 0 spiro atoms. The van der Waals surface area contributed by atoms with Crippen molar-refractivity contribution in [3.05, 3.63) is 65.2 Å². The summed E-state index contributed by atoms with van der Waals surface area (Å²) in [4.78, 5) is 0. The van der Waals surface area contributed by atoms with E-state index < -0.39 is 53.2 Å². The molecule has 0 fully saturated rings. The predicted molar refractivity (Wildman–Crippen MR) is 83.0 cm³/mol. The summed E-state index contributed by atoms with van der Waals surface area (Å²) in [6, 6.07) is 6.05. The number of ether oxygens (including phenoxy) is 2. The quantitative estimate of drug-likeness (QED) is 0.520. The monoisotopic (exact) mass is 432 g/mol. The van der Waals surface area contributed by atoms with E-state index in [0.717, 1.165) is 19.2 Å². The molecule has 11 heteroatoms. The van der Waals surface area contributed by atoms with E-state index in [1.807, 2.05) is 0 Å². The lowest BCUT2D eigenvalue weighted by atomic mass is 9.91. The van der Waals surface area contributed by atoms with E-state index in [1.165, 1.54) is 6.07 Å². The van der Waals surface area contributed by atoms with Crippen LogP contribution in [0, 0.1) is 0 Å². The van der Waals surface area contributed by atoms with Gasteiger partial charge < -0.3 is 9.47 Å². The predicted octanol–water partition coefficient (Wildman–Crippen LogP) is 6.25. The fourth-order valence-electron chi connectivity index (χ4n) is 2.63. The lowest BCUT2D eigenvalue weighted by molar-refractivity contribution is -0.392. The second-order valence-electron chi connectivity index (χ2n) is 5.86. The molecular weight excluding hydrogens is 419 g/mol. The lowest BCUT2D eigenvalue weighted by Gasteiger charge is -2.37. The van der Waals surface area contributed by atoms with Crippen LogP contribution < -0.4 is 4.74 Å². The van der Waals surface area contributed by atoms with Crippen LogP contribution in [0.25, 0.3) is 0 Å². The van der Waals surface area contributed by atoms with Gasteiger partial charge in [-0.15, -0.1) is 0 Å². The fraction of sp³-hybridized carbons (Fsp3) is 0.333. The Morgan fingerprint density at radius 1 is 0.724 bits per heavy atom. The van der Waals surface area contributed by atoms with Crippen LogP contribution in [0.4, 0.5) is 39.5 Å². The maximum absolute atomic E-state index is 13.6. The zero-order chi connectivity index (χ0) is 22.1. The molecule has 0 aliphatic heterocycles. The number of hydrogen-bond acceptors (Lipinski definition) is 2. The summed E-state index contributed by atoms with van der Waals surface area (Å²) >= 11 is 0. The summed E-state index contributed by atoms with van der Waals surface area (Å²) in [5.74, 6) is -0.564. The second-order valence-corrected chi connectivity index (χ2v) is 5.86. The Balaban J connectivity index is 2.52. The Hall–Kier alpha value is -2.43. The third kappa shape index (κ3) is 4.44. The summed E-state index contributed by atoms with van der Waals surface area (Å²) < 4.78 is 129. The number of methoxy groups -OCH3 is 1. The first-order valence-corrected chi connectivity index (χ1v) is 7.81. The molecule has 0 bridgehead atoms. The lowest BCUT2D eigenvalue weighted by Crippen LogP contribution is -2.55. The van der Waals surface area contributed by atoms with Gasteiger partial charge in [-0.3, -0.25) is 0 Å². The molecule has 0 aromatic heterocycles. The minimum Gasteiger partial charge on any atom is -0.496 e. The van der Waals surface area contributed by atoms with Crippen LogP contribution in [0.1, 0.15) is 16.7 Å². The summed E-state index contributed by atoms with van der Waals surface area (Å²) in [6.07, 6.45) is -16.6. The van der Waals surface area contributed by atoms with Crippen molar-refractivity contribution in [2.75, 3.05) is 7.11 Å². The minimum absolute atomic E-state index is 0.422. The van der Waals surface area contributed by atoms with E-state index in [9.17, 15) is 39.5 Å². The summed E-state index contributed by atoms with van der Waals surface area (Å²) in [6.45, 7) is -1.31. The van der Waals surface area contributed by atoms with Gasteiger partial charge in [0.1, 0.15) is 5.75 Å². The highest BCUT2D eigenvalue weighted by molar-refractivity contribution is 5.38. The molecule has 0 saturated heterocycles. The number of halogens is 9. The van der Waals surface area contributed by atoms with Crippen molar-refractivity contribution in [2.24, 2.45) is 0 Å². The van der Waals surface area contributed by atoms with Crippen molar-refractivity contribution < 1.29 is 49.0 Å². The van der Waals surface area contributed by atoms with Crippen molar-refractivity contribution in [1.29, 1.82) is 0 Å². The van der Waals surface area contributed by atoms with Gasteiger partial charge in [-0.25, -0.2) is 0 Å². The van der Waals surface area contributed by atoms with E-state index in [1.54, 1.807) is 0 Å². The first-order valence-electron chi connectivity index (χ1n) is 7.81. The molecule has 2 nitrogen and oxygen atoms in total. The van der Waals surface area contributed by atoms with Gasteiger partial charge in [0.2, 0.25) is 0 Å². The Labute approximate surface area is 158 Å². The summed E-state index contributed by atoms with van der Waals surface area (Å²) in [5.41, 5.74) is -7.51. The van der Waals surface area contributed by atoms with Crippen LogP contribution in [-0.2, 0) is 23.1 Å². The number of alkyl halides is 9. The maximum atomic E-state index is 13.6. The van der Waals surface area contributed by atoms with Gasteiger partial charge >= 0.3 is 18.5 Å². The molecule has 0 atom stereocenters. The molecule has 29 heavy (non-hydrogen) atoms. The average molecular weight is 432 g/mol. The van der Waals surface area contributed by atoms with Crippen LogP contribution in [0.2, 0.25) is 0 Å². The van der Waals surface area contributed by atoms with Crippen LogP contribution >= 0.6 is 0 Å². The standard InChI is InChI=1S/C18H13F9O2/c1-28-14-9-13(16(19,20)21)8-7-11(14)10-29-15(17(22,23)24,18(25,26)27)12-5-3-2-4-6-12/h2-9H,10H2,1H3. The Morgan fingerprint density at radius 2 is 1.28 bits per heavy atom. The first-order chi connectivity index (χ1) is 13.2. The molecule has 2 aromatic rings. The summed E-state index contributed by atoms with van der Waals surface area (Å²) in [7, 11) is 0.928. The molecule has 0 aliphatic carbocycles. The molecule has 0 unspecified atom stereocenters. The van der Waals surface area contributed by atoms with E-state index >= 15 is 0 Å². The van der Waals surface area contributed by atoms with Gasteiger partial charge in [-0.05, 0) is 12.1 Å². The maximum Gasteiger partial charge on any atom is 0.430 e. The van der Waals surface area contributed by atoms with Crippen LogP contribution in [-0.4, -0.2) is 19.5 Å². The van der Waals surface area contributed by atoms with E-state index in [2.05, 4.69) is 9.47 Å². The Kier molecular flexibility index (Phi) is 6.12. The Bertz CT molecular complexity index is 810. The van der Waals surface area contributed by atoms with Gasteiger partial charge in [-0.2, -0.15) is 39.5 Å². The number of hydrogen-bond donors (Lipinski definition) is 0. The van der Waals surface area contributed by atoms with Gasteiger partial charge in [-0.1, -0.05) is 36.4 Å². The topological polar surface area (TPSA) is 18.5 Å². The highest BCUT2D eigenvalue weighted by Gasteiger charge is 2.73. The highest BCUT2D eigenvalue weighted by atomic mass is 19.4. The van der Waals surface area contributed by atoms with Crippen LogP contribution in [0.5, 0.6) is 5.75 Å². The molecule has 0 saturated carbocycles. The molecular formula is C18H13F9O2. The second kappa shape index (κ2) is 7.77. The molecule has 0 N–H and O–H groups in total. The van der Waals surface area contributed by atoms with Crippen molar-refractivity contribution in [1.82, 2.24) is 0 Å². The van der Waals surface area contributed by atoms with Crippen LogP contribution in [0.15, 0.2) is 48.5 Å². The molecule has 2 rings (SSSR count). The number of benzene rings is 2. The fourth-order valence-corrected chi connectivity index (χ4v) is 2.63. The smallest absolute Gasteiger partial charge is 0.430 e. The Morgan fingerprint density at radius 3 is 1.72 bits per heavy atom. The van der Waals surface area contributed by atoms with Gasteiger partial charge in [0.15, 0.2) is 0 Å². The zero-order valence-corrected chi connectivity index (χ0v) is 14.5. The van der Waals surface area contributed by atoms with Gasteiger partial charge in [0.25, 0.3) is 5.60 Å². The first kappa shape index (κ1) is 22.9. The van der Waals surface area contributed by atoms with Crippen molar-refractivity contribution in [3.63, 3.8) is 0 Å². The largest absolute Gasteiger partial charge is 0.496 e. The molecule has 160 valence electrons. The molecule has 0 aliphatic rings. The van der Waals surface area contributed by atoms with Gasteiger partial charge in [0, 0.05) is 11.1 Å². The van der Waals surface area contributed by atoms with Crippen molar-refractivity contribution in [2.45, 2.75) is 30.7 Å². The molecule has 2 aromatic carbocycles. The van der Waals surface area contributed by atoms with Gasteiger partial charge in [0.05, 0.1) is 19.3 Å².